The van der Waals surface area contributed by atoms with Crippen LogP contribution in [0.3, 0.4) is 0 Å². The van der Waals surface area contributed by atoms with E-state index in [4.69, 9.17) is 32.7 Å². The van der Waals surface area contributed by atoms with Crippen molar-refractivity contribution in [1.29, 1.82) is 0 Å². The Bertz CT molecular complexity index is 736. The van der Waals surface area contributed by atoms with Crippen LogP contribution in [0.4, 0.5) is 10.5 Å². The van der Waals surface area contributed by atoms with E-state index in [9.17, 15) is 4.79 Å². The number of anilines is 1. The van der Waals surface area contributed by atoms with Crippen molar-refractivity contribution >= 4 is 34.9 Å². The molecule has 2 amide bonds. The molecule has 2 aromatic carbocycles. The van der Waals surface area contributed by atoms with Gasteiger partial charge in [-0.1, -0.05) is 42.3 Å². The summed E-state index contributed by atoms with van der Waals surface area (Å²) in [7, 11) is 3.02. The second-order valence-corrected chi connectivity index (χ2v) is 6.14. The van der Waals surface area contributed by atoms with Gasteiger partial charge in [0.25, 0.3) is 0 Å². The van der Waals surface area contributed by atoms with Crippen molar-refractivity contribution in [2.24, 2.45) is 0 Å². The van der Waals surface area contributed by atoms with Crippen LogP contribution >= 0.6 is 23.2 Å². The van der Waals surface area contributed by atoms with E-state index in [1.54, 1.807) is 24.3 Å². The van der Waals surface area contributed by atoms with Crippen molar-refractivity contribution in [1.82, 2.24) is 5.32 Å². The molecule has 2 N–H and O–H groups in total. The molecule has 0 spiro atoms. The van der Waals surface area contributed by atoms with Gasteiger partial charge < -0.3 is 20.1 Å². The van der Waals surface area contributed by atoms with E-state index >= 15 is 0 Å². The lowest BCUT2D eigenvalue weighted by Gasteiger charge is -2.19. The van der Waals surface area contributed by atoms with Crippen LogP contribution < -0.4 is 20.1 Å². The predicted molar refractivity (Wildman–Crippen MR) is 101 cm³/mol. The van der Waals surface area contributed by atoms with E-state index in [1.807, 2.05) is 19.1 Å². The second kappa shape index (κ2) is 8.83. The molecule has 0 saturated carbocycles. The van der Waals surface area contributed by atoms with Crippen LogP contribution in [0.5, 0.6) is 11.5 Å². The summed E-state index contributed by atoms with van der Waals surface area (Å²) < 4.78 is 10.4. The molecule has 0 bridgehead atoms. The molecule has 2 aromatic rings. The number of carbonyl (C=O) groups excluding carboxylic acids is 1. The van der Waals surface area contributed by atoms with Gasteiger partial charge in [0.05, 0.1) is 31.0 Å². The number of halogens is 2. The molecule has 0 aromatic heterocycles. The van der Waals surface area contributed by atoms with E-state index in [2.05, 4.69) is 10.6 Å². The number of hydrogen-bond acceptors (Lipinski definition) is 3. The Kier molecular flexibility index (Phi) is 6.79. The van der Waals surface area contributed by atoms with Gasteiger partial charge in [0.15, 0.2) is 0 Å². The lowest BCUT2D eigenvalue weighted by Crippen LogP contribution is -2.32. The zero-order chi connectivity index (χ0) is 18.4. The van der Waals surface area contributed by atoms with Gasteiger partial charge in [0, 0.05) is 11.1 Å². The number of carbonyl (C=O) groups is 1. The molecule has 2 rings (SSSR count). The Balaban J connectivity index is 2.13. The van der Waals surface area contributed by atoms with Crippen LogP contribution in [0, 0.1) is 0 Å². The highest BCUT2D eigenvalue weighted by atomic mass is 35.5. The molecule has 0 saturated heterocycles. The minimum Gasteiger partial charge on any atom is -0.495 e. The van der Waals surface area contributed by atoms with Crippen molar-refractivity contribution in [3.8, 4) is 11.5 Å². The maximum atomic E-state index is 12.4. The molecule has 7 heteroatoms. The van der Waals surface area contributed by atoms with E-state index in [0.29, 0.717) is 27.2 Å². The van der Waals surface area contributed by atoms with E-state index < -0.39 is 0 Å². The maximum absolute atomic E-state index is 12.4. The number of ether oxygens (including phenoxy) is 2. The number of nitrogens with one attached hydrogen (secondary N) is 2. The Morgan fingerprint density at radius 2 is 1.72 bits per heavy atom. The average molecular weight is 383 g/mol. The lowest BCUT2D eigenvalue weighted by molar-refractivity contribution is 0.248. The van der Waals surface area contributed by atoms with Crippen LogP contribution in [0.2, 0.25) is 10.0 Å². The monoisotopic (exact) mass is 382 g/mol. The number of urea groups is 1. The van der Waals surface area contributed by atoms with E-state index in [0.717, 1.165) is 12.0 Å². The first-order chi connectivity index (χ1) is 12.0. The second-order valence-electron chi connectivity index (χ2n) is 5.30. The van der Waals surface area contributed by atoms with Gasteiger partial charge in [-0.25, -0.2) is 4.79 Å². The molecule has 0 radical (unpaired) electrons. The summed E-state index contributed by atoms with van der Waals surface area (Å²) in [6.45, 7) is 1.99. The smallest absolute Gasteiger partial charge is 0.319 e. The summed E-state index contributed by atoms with van der Waals surface area (Å²) in [6, 6.07) is 10.1. The van der Waals surface area contributed by atoms with Crippen LogP contribution in [0.1, 0.15) is 24.9 Å². The van der Waals surface area contributed by atoms with Gasteiger partial charge >= 0.3 is 6.03 Å². The van der Waals surface area contributed by atoms with Crippen molar-refractivity contribution in [2.45, 2.75) is 19.4 Å². The molecular weight excluding hydrogens is 363 g/mol. The molecule has 0 aliphatic heterocycles. The van der Waals surface area contributed by atoms with Crippen molar-refractivity contribution < 1.29 is 14.3 Å². The number of hydrogen-bond donors (Lipinski definition) is 2. The average Bonchev–Trinajstić information content (AvgIpc) is 2.60. The fraction of sp³-hybridized carbons (Fsp3) is 0.278. The topological polar surface area (TPSA) is 59.6 Å². The van der Waals surface area contributed by atoms with Crippen LogP contribution in [-0.2, 0) is 0 Å². The van der Waals surface area contributed by atoms with Gasteiger partial charge in [-0.15, -0.1) is 0 Å². The third-order valence-electron chi connectivity index (χ3n) is 3.71. The van der Waals surface area contributed by atoms with Crippen molar-refractivity contribution in [3.05, 3.63) is 52.0 Å². The summed E-state index contributed by atoms with van der Waals surface area (Å²) in [6.07, 6.45) is 0.732. The van der Waals surface area contributed by atoms with Gasteiger partial charge in [0.1, 0.15) is 11.5 Å². The quantitative estimate of drug-likeness (QED) is 0.713. The zero-order valence-electron chi connectivity index (χ0n) is 14.2. The molecule has 1 atom stereocenters. The van der Waals surface area contributed by atoms with Crippen molar-refractivity contribution in [3.63, 3.8) is 0 Å². The summed E-state index contributed by atoms with van der Waals surface area (Å²) >= 11 is 12.0. The first-order valence-corrected chi connectivity index (χ1v) is 8.48. The molecular formula is C18H20Cl2N2O3. The van der Waals surface area contributed by atoms with Crippen molar-refractivity contribution in [2.75, 3.05) is 19.5 Å². The molecule has 25 heavy (non-hydrogen) atoms. The van der Waals surface area contributed by atoms with Gasteiger partial charge in [0.2, 0.25) is 0 Å². The third kappa shape index (κ3) is 4.94. The Morgan fingerprint density at radius 1 is 1.08 bits per heavy atom. The third-order valence-corrected chi connectivity index (χ3v) is 4.26. The number of methoxy groups -OCH3 is 2. The largest absolute Gasteiger partial charge is 0.495 e. The minimum atomic E-state index is -0.360. The fourth-order valence-corrected chi connectivity index (χ4v) is 2.76. The maximum Gasteiger partial charge on any atom is 0.319 e. The Labute approximate surface area is 157 Å². The Morgan fingerprint density at radius 3 is 2.28 bits per heavy atom. The van der Waals surface area contributed by atoms with Gasteiger partial charge in [-0.05, 0) is 30.2 Å². The highest BCUT2D eigenvalue weighted by Gasteiger charge is 2.16. The van der Waals surface area contributed by atoms with Gasteiger partial charge in [-0.3, -0.25) is 0 Å². The highest BCUT2D eigenvalue weighted by molar-refractivity contribution is 6.32. The summed E-state index contributed by atoms with van der Waals surface area (Å²) in [5.41, 5.74) is 1.43. The molecule has 0 aliphatic rings. The molecule has 0 heterocycles. The van der Waals surface area contributed by atoms with Crippen LogP contribution in [0.15, 0.2) is 36.4 Å². The van der Waals surface area contributed by atoms with Crippen LogP contribution in [0.25, 0.3) is 0 Å². The SMILES string of the molecule is CC[C@H](NC(=O)Nc1cc(Cl)c(OC)cc1OC)c1ccc(Cl)cc1. The molecule has 0 aliphatic carbocycles. The first kappa shape index (κ1) is 19.2. The van der Waals surface area contributed by atoms with Gasteiger partial charge in [-0.2, -0.15) is 0 Å². The zero-order valence-corrected chi connectivity index (χ0v) is 15.7. The highest BCUT2D eigenvalue weighted by Crippen LogP contribution is 2.35. The van der Waals surface area contributed by atoms with Crippen LogP contribution in [-0.4, -0.2) is 20.3 Å². The first-order valence-electron chi connectivity index (χ1n) is 7.73. The summed E-state index contributed by atoms with van der Waals surface area (Å²) in [5, 5.41) is 6.72. The minimum absolute atomic E-state index is 0.142. The normalized spacial score (nSPS) is 11.6. The molecule has 0 fully saturated rings. The molecule has 0 unspecified atom stereocenters. The predicted octanol–water partition coefficient (Wildman–Crippen LogP) is 5.28. The molecule has 5 nitrogen and oxygen atoms in total. The standard InChI is InChI=1S/C18H20Cl2N2O3/c1-4-14(11-5-7-12(19)8-6-11)21-18(23)22-15-9-13(20)16(24-2)10-17(15)25-3/h5-10,14H,4H2,1-3H3,(H2,21,22,23)/t14-/m0/s1. The number of benzene rings is 2. The summed E-state index contributed by atoms with van der Waals surface area (Å²) in [5.74, 6) is 0.924. The molecule has 134 valence electrons. The van der Waals surface area contributed by atoms with E-state index in [-0.39, 0.29) is 12.1 Å². The Hall–Kier alpha value is -2.11. The van der Waals surface area contributed by atoms with E-state index in [1.165, 1.54) is 14.2 Å². The lowest BCUT2D eigenvalue weighted by atomic mass is 10.1. The summed E-state index contributed by atoms with van der Waals surface area (Å²) in [4.78, 5) is 12.4. The number of amides is 2. The number of rotatable bonds is 6. The fourth-order valence-electron chi connectivity index (χ4n) is 2.39.